The van der Waals surface area contributed by atoms with Crippen LogP contribution in [0.2, 0.25) is 0 Å². The van der Waals surface area contributed by atoms with Crippen LogP contribution in [0.15, 0.2) is 24.3 Å². The van der Waals surface area contributed by atoms with E-state index in [1.807, 2.05) is 0 Å². The number of aryl methyl sites for hydroxylation is 1. The maximum Gasteiger partial charge on any atom is 0.381 e. The van der Waals surface area contributed by atoms with Gasteiger partial charge in [-0.1, -0.05) is 12.1 Å². The van der Waals surface area contributed by atoms with Gasteiger partial charge in [-0.25, -0.2) is 8.78 Å². The molecule has 0 atom stereocenters. The lowest BCUT2D eigenvalue weighted by molar-refractivity contribution is -0.344. The summed E-state index contributed by atoms with van der Waals surface area (Å²) in [5.74, 6) is -20.6. The highest BCUT2D eigenvalue weighted by Gasteiger charge is 2.75. The molecule has 12 heteroatoms. The molecule has 164 valence electrons. The Hall–Kier alpha value is -2.40. The zero-order valence-corrected chi connectivity index (χ0v) is 14.9. The smallest absolute Gasteiger partial charge is 0.381 e. The summed E-state index contributed by atoms with van der Waals surface area (Å²) in [6, 6.07) is 6.38. The Kier molecular flexibility index (Phi) is 7.98. The maximum atomic E-state index is 13.2. The highest BCUT2D eigenvalue weighted by atomic mass is 19.4. The molecule has 0 saturated carbocycles. The Morgan fingerprint density at radius 1 is 1.00 bits per heavy atom. The molecule has 0 aliphatic rings. The molecule has 0 fully saturated rings. The number of halogens is 8. The van der Waals surface area contributed by atoms with Crippen LogP contribution in [0.3, 0.4) is 0 Å². The van der Waals surface area contributed by atoms with Crippen molar-refractivity contribution >= 4 is 11.9 Å². The van der Waals surface area contributed by atoms with Crippen LogP contribution in [0.1, 0.15) is 24.8 Å². The average molecular weight is 436 g/mol. The van der Waals surface area contributed by atoms with E-state index < -0.39 is 49.2 Å². The largest absolute Gasteiger partial charge is 0.459 e. The van der Waals surface area contributed by atoms with Crippen LogP contribution in [0.25, 0.3) is 0 Å². The molecule has 0 unspecified atom stereocenters. The van der Waals surface area contributed by atoms with Gasteiger partial charge in [0.15, 0.2) is 6.61 Å². The van der Waals surface area contributed by atoms with E-state index in [9.17, 15) is 44.7 Å². The summed E-state index contributed by atoms with van der Waals surface area (Å²) in [7, 11) is 0. The van der Waals surface area contributed by atoms with Gasteiger partial charge in [0.1, 0.15) is 5.75 Å². The fourth-order valence-electron chi connectivity index (χ4n) is 1.95. The third-order valence-corrected chi connectivity index (χ3v) is 3.55. The number of hydrogen-bond acceptors (Lipinski definition) is 4. The summed E-state index contributed by atoms with van der Waals surface area (Å²) >= 11 is 0. The monoisotopic (exact) mass is 436 g/mol. The van der Waals surface area contributed by atoms with E-state index in [0.29, 0.717) is 0 Å². The van der Waals surface area contributed by atoms with Gasteiger partial charge >= 0.3 is 36.1 Å². The highest BCUT2D eigenvalue weighted by molar-refractivity contribution is 5.74. The van der Waals surface area contributed by atoms with Gasteiger partial charge in [0.05, 0.1) is 0 Å². The van der Waals surface area contributed by atoms with Crippen molar-refractivity contribution in [1.82, 2.24) is 0 Å². The molecule has 1 rings (SSSR count). The van der Waals surface area contributed by atoms with Crippen molar-refractivity contribution < 1.29 is 54.2 Å². The predicted molar refractivity (Wildman–Crippen MR) is 82.5 cm³/mol. The first-order valence-electron chi connectivity index (χ1n) is 8.05. The zero-order chi connectivity index (χ0) is 22.5. The second-order valence-corrected chi connectivity index (χ2v) is 6.01. The summed E-state index contributed by atoms with van der Waals surface area (Å²) in [6.07, 6.45) is -6.40. The fourth-order valence-corrected chi connectivity index (χ4v) is 1.95. The number of alkyl halides is 8. The molecule has 29 heavy (non-hydrogen) atoms. The number of carbonyl (C=O) groups excluding carboxylic acids is 2. The zero-order valence-electron chi connectivity index (χ0n) is 14.9. The number of ether oxygens (including phenoxy) is 2. The number of carbonyl (C=O) groups is 2. The van der Waals surface area contributed by atoms with Crippen LogP contribution in [0.4, 0.5) is 35.1 Å². The summed E-state index contributed by atoms with van der Waals surface area (Å²) in [5, 5.41) is 0. The van der Waals surface area contributed by atoms with Gasteiger partial charge in [0, 0.05) is 12.8 Å². The number of rotatable bonds is 10. The Labute approximate surface area is 159 Å². The minimum absolute atomic E-state index is 0.222. The Morgan fingerprint density at radius 2 is 1.59 bits per heavy atom. The van der Waals surface area contributed by atoms with Crippen molar-refractivity contribution in [3.8, 4) is 5.75 Å². The van der Waals surface area contributed by atoms with Crippen molar-refractivity contribution in [1.29, 1.82) is 0 Å². The quantitative estimate of drug-likeness (QED) is 0.301. The molecule has 1 aromatic rings. The van der Waals surface area contributed by atoms with Gasteiger partial charge in [-0.15, -0.1) is 0 Å². The van der Waals surface area contributed by atoms with E-state index in [0.717, 1.165) is 5.56 Å². The Balaban J connectivity index is 2.47. The van der Waals surface area contributed by atoms with E-state index in [1.165, 1.54) is 6.07 Å². The molecular weight excluding hydrogens is 420 g/mol. The highest BCUT2D eigenvalue weighted by Crippen LogP contribution is 2.48. The standard InChI is InChI=1S/C17H16F8O4/c1-10-4-2-5-11(8-10)29-13(27)7-3-6-12(26)28-9-15(20,21)17(24,25)16(22,23)14(18)19/h2,4-5,8,14H,3,6-7,9H2,1H3. The van der Waals surface area contributed by atoms with Crippen molar-refractivity contribution in [3.05, 3.63) is 29.8 Å². The van der Waals surface area contributed by atoms with Gasteiger partial charge in [0.2, 0.25) is 0 Å². The Morgan fingerprint density at radius 3 is 2.14 bits per heavy atom. The van der Waals surface area contributed by atoms with Crippen LogP contribution in [0.5, 0.6) is 5.75 Å². The SMILES string of the molecule is Cc1cccc(OC(=O)CCCC(=O)OCC(F)(F)C(F)(F)C(F)(F)C(F)F)c1. The van der Waals surface area contributed by atoms with E-state index >= 15 is 0 Å². The average Bonchev–Trinajstić information content (AvgIpc) is 2.59. The molecule has 4 nitrogen and oxygen atoms in total. The molecule has 0 aromatic heterocycles. The second-order valence-electron chi connectivity index (χ2n) is 6.01. The molecule has 0 amide bonds. The van der Waals surface area contributed by atoms with Crippen LogP contribution >= 0.6 is 0 Å². The lowest BCUT2D eigenvalue weighted by atomic mass is 10.1. The lowest BCUT2D eigenvalue weighted by Gasteiger charge is -2.31. The fraction of sp³-hybridized carbons (Fsp3) is 0.529. The van der Waals surface area contributed by atoms with Gasteiger partial charge < -0.3 is 9.47 Å². The maximum absolute atomic E-state index is 13.2. The van der Waals surface area contributed by atoms with E-state index in [1.54, 1.807) is 25.1 Å². The third kappa shape index (κ3) is 6.29. The van der Waals surface area contributed by atoms with Gasteiger partial charge in [0.25, 0.3) is 0 Å². The Bertz CT molecular complexity index is 721. The molecule has 0 radical (unpaired) electrons. The summed E-state index contributed by atoms with van der Waals surface area (Å²) in [4.78, 5) is 22.9. The molecule has 0 spiro atoms. The van der Waals surface area contributed by atoms with Crippen LogP contribution in [-0.2, 0) is 14.3 Å². The van der Waals surface area contributed by atoms with Crippen LogP contribution < -0.4 is 4.74 Å². The van der Waals surface area contributed by atoms with Gasteiger partial charge in [-0.05, 0) is 31.0 Å². The molecule has 0 aliphatic heterocycles. The minimum Gasteiger partial charge on any atom is -0.459 e. The van der Waals surface area contributed by atoms with Crippen molar-refractivity contribution in [2.75, 3.05) is 6.61 Å². The van der Waals surface area contributed by atoms with Crippen LogP contribution in [-0.4, -0.2) is 42.7 Å². The van der Waals surface area contributed by atoms with Crippen molar-refractivity contribution in [2.45, 2.75) is 50.4 Å². The van der Waals surface area contributed by atoms with Crippen molar-refractivity contribution in [2.24, 2.45) is 0 Å². The first-order valence-corrected chi connectivity index (χ1v) is 8.05. The third-order valence-electron chi connectivity index (χ3n) is 3.55. The number of esters is 2. The summed E-state index contributed by atoms with van der Waals surface area (Å²) in [6.45, 7) is -0.793. The van der Waals surface area contributed by atoms with Gasteiger partial charge in [-0.2, -0.15) is 26.3 Å². The minimum atomic E-state index is -6.45. The number of hydrogen-bond donors (Lipinski definition) is 0. The predicted octanol–water partition coefficient (Wildman–Crippen LogP) is 4.78. The molecular formula is C17H16F8O4. The van der Waals surface area contributed by atoms with E-state index in [2.05, 4.69) is 4.74 Å². The van der Waals surface area contributed by atoms with E-state index in [4.69, 9.17) is 4.74 Å². The first-order chi connectivity index (χ1) is 13.2. The second kappa shape index (κ2) is 9.40. The molecule has 0 aliphatic carbocycles. The van der Waals surface area contributed by atoms with Crippen LogP contribution in [0, 0.1) is 6.92 Å². The molecule has 0 heterocycles. The summed E-state index contributed by atoms with van der Waals surface area (Å²) < 4.78 is 110. The number of benzene rings is 1. The van der Waals surface area contributed by atoms with E-state index in [-0.39, 0.29) is 18.6 Å². The van der Waals surface area contributed by atoms with Crippen molar-refractivity contribution in [3.63, 3.8) is 0 Å². The lowest BCUT2D eigenvalue weighted by Crippen LogP contribution is -2.59. The first kappa shape index (κ1) is 24.6. The molecule has 1 aromatic carbocycles. The molecule has 0 bridgehead atoms. The molecule has 0 N–H and O–H groups in total. The topological polar surface area (TPSA) is 52.6 Å². The molecule has 0 saturated heterocycles. The summed E-state index contributed by atoms with van der Waals surface area (Å²) in [5.41, 5.74) is 0.800. The van der Waals surface area contributed by atoms with Gasteiger partial charge in [-0.3, -0.25) is 9.59 Å². The normalized spacial score (nSPS) is 12.8.